The number of aryl methyl sites for hydroxylation is 1. The van der Waals surface area contributed by atoms with Crippen molar-refractivity contribution in [3.63, 3.8) is 0 Å². The minimum absolute atomic E-state index is 0.673. The predicted molar refractivity (Wildman–Crippen MR) is 76.6 cm³/mol. The lowest BCUT2D eigenvalue weighted by Gasteiger charge is -2.07. The van der Waals surface area contributed by atoms with Crippen LogP contribution in [0.1, 0.15) is 18.1 Å². The summed E-state index contributed by atoms with van der Waals surface area (Å²) >= 11 is 0. The largest absolute Gasteiger partial charge is 0.494 e. The van der Waals surface area contributed by atoms with E-state index in [1.807, 2.05) is 38.4 Å². The van der Waals surface area contributed by atoms with Crippen LogP contribution in [-0.2, 0) is 6.42 Å². The molecule has 0 aliphatic heterocycles. The first-order valence-corrected chi connectivity index (χ1v) is 6.52. The third-order valence-electron chi connectivity index (χ3n) is 2.69. The number of hydrogen-bond donors (Lipinski definition) is 1. The maximum atomic E-state index is 5.48. The van der Waals surface area contributed by atoms with Gasteiger partial charge in [0.25, 0.3) is 0 Å². The van der Waals surface area contributed by atoms with Crippen molar-refractivity contribution >= 4 is 5.95 Å². The van der Waals surface area contributed by atoms with E-state index in [0.29, 0.717) is 12.6 Å². The molecule has 19 heavy (non-hydrogen) atoms. The van der Waals surface area contributed by atoms with Crippen LogP contribution in [-0.4, -0.2) is 23.1 Å². The van der Waals surface area contributed by atoms with Crippen LogP contribution in [0.3, 0.4) is 0 Å². The molecule has 0 unspecified atom stereocenters. The van der Waals surface area contributed by atoms with Gasteiger partial charge in [0.2, 0.25) is 5.95 Å². The second-order valence-corrected chi connectivity index (χ2v) is 4.34. The molecule has 0 spiro atoms. The topological polar surface area (TPSA) is 47.0 Å². The average Bonchev–Trinajstić information content (AvgIpc) is 2.42. The Hall–Kier alpha value is -2.10. The van der Waals surface area contributed by atoms with E-state index in [9.17, 15) is 0 Å². The highest BCUT2D eigenvalue weighted by Crippen LogP contribution is 2.13. The summed E-state index contributed by atoms with van der Waals surface area (Å²) < 4.78 is 5.48. The van der Waals surface area contributed by atoms with E-state index in [2.05, 4.69) is 27.4 Å². The van der Waals surface area contributed by atoms with Crippen LogP contribution < -0.4 is 10.1 Å². The van der Waals surface area contributed by atoms with Crippen molar-refractivity contribution in [2.45, 2.75) is 20.3 Å². The van der Waals surface area contributed by atoms with E-state index in [-0.39, 0.29) is 0 Å². The van der Waals surface area contributed by atoms with E-state index in [4.69, 9.17) is 4.74 Å². The number of nitrogens with one attached hydrogen (secondary N) is 1. The Morgan fingerprint density at radius 2 is 2.00 bits per heavy atom. The molecule has 4 heteroatoms. The second-order valence-electron chi connectivity index (χ2n) is 4.34. The van der Waals surface area contributed by atoms with E-state index in [0.717, 1.165) is 24.3 Å². The van der Waals surface area contributed by atoms with Gasteiger partial charge in [0.05, 0.1) is 6.61 Å². The molecule has 0 saturated heterocycles. The molecule has 100 valence electrons. The molecule has 0 atom stereocenters. The summed E-state index contributed by atoms with van der Waals surface area (Å²) in [5, 5.41) is 3.21. The zero-order valence-corrected chi connectivity index (χ0v) is 11.4. The fraction of sp³-hybridized carbons (Fsp3) is 0.333. The maximum Gasteiger partial charge on any atom is 0.222 e. The molecule has 0 amide bonds. The molecular formula is C15H19N3O. The van der Waals surface area contributed by atoms with Crippen LogP contribution in [0.2, 0.25) is 0 Å². The average molecular weight is 257 g/mol. The monoisotopic (exact) mass is 257 g/mol. The fourth-order valence-corrected chi connectivity index (χ4v) is 1.76. The normalized spacial score (nSPS) is 10.2. The number of benzene rings is 1. The zero-order valence-electron chi connectivity index (χ0n) is 11.4. The van der Waals surface area contributed by atoms with Gasteiger partial charge in [-0.1, -0.05) is 12.1 Å². The summed E-state index contributed by atoms with van der Waals surface area (Å²) in [5.41, 5.74) is 2.31. The first-order valence-electron chi connectivity index (χ1n) is 6.52. The highest BCUT2D eigenvalue weighted by atomic mass is 16.5. The molecule has 0 aliphatic rings. The lowest BCUT2D eigenvalue weighted by atomic mass is 10.1. The van der Waals surface area contributed by atoms with Crippen molar-refractivity contribution in [1.82, 2.24) is 9.97 Å². The van der Waals surface area contributed by atoms with E-state index in [1.54, 1.807) is 0 Å². The number of nitrogens with zero attached hydrogens (tertiary/aromatic N) is 2. The minimum atomic E-state index is 0.673. The van der Waals surface area contributed by atoms with Crippen molar-refractivity contribution in [2.75, 3.05) is 18.5 Å². The molecule has 0 saturated carbocycles. The third kappa shape index (κ3) is 4.25. The lowest BCUT2D eigenvalue weighted by molar-refractivity contribution is 0.340. The Kier molecular flexibility index (Phi) is 4.72. The quantitative estimate of drug-likeness (QED) is 0.864. The van der Waals surface area contributed by atoms with E-state index in [1.165, 1.54) is 5.56 Å². The number of ether oxygens (including phenoxy) is 1. The van der Waals surface area contributed by atoms with Crippen LogP contribution in [0.25, 0.3) is 0 Å². The molecule has 4 nitrogen and oxygen atoms in total. The van der Waals surface area contributed by atoms with Gasteiger partial charge >= 0.3 is 0 Å². The molecule has 0 aliphatic carbocycles. The number of anilines is 1. The van der Waals surface area contributed by atoms with Crippen LogP contribution in [0.4, 0.5) is 5.95 Å². The van der Waals surface area contributed by atoms with Gasteiger partial charge in [-0.15, -0.1) is 0 Å². The summed E-state index contributed by atoms with van der Waals surface area (Å²) in [6, 6.07) is 8.16. The fourth-order valence-electron chi connectivity index (χ4n) is 1.76. The molecule has 1 aromatic carbocycles. The lowest BCUT2D eigenvalue weighted by Crippen LogP contribution is -2.07. The highest BCUT2D eigenvalue weighted by Gasteiger charge is 1.98. The van der Waals surface area contributed by atoms with Gasteiger partial charge in [0.15, 0.2) is 0 Å². The number of aromatic nitrogens is 2. The van der Waals surface area contributed by atoms with Gasteiger partial charge < -0.3 is 10.1 Å². The molecule has 2 rings (SSSR count). The summed E-state index contributed by atoms with van der Waals surface area (Å²) in [5.74, 6) is 1.60. The zero-order chi connectivity index (χ0) is 13.5. The van der Waals surface area contributed by atoms with Crippen molar-refractivity contribution in [3.05, 3.63) is 47.8 Å². The smallest absolute Gasteiger partial charge is 0.222 e. The summed E-state index contributed by atoms with van der Waals surface area (Å²) in [6.07, 6.45) is 4.54. The van der Waals surface area contributed by atoms with Gasteiger partial charge in [-0.25, -0.2) is 9.97 Å². The van der Waals surface area contributed by atoms with Crippen molar-refractivity contribution < 1.29 is 4.74 Å². The van der Waals surface area contributed by atoms with Crippen molar-refractivity contribution in [2.24, 2.45) is 0 Å². The van der Waals surface area contributed by atoms with E-state index < -0.39 is 0 Å². The summed E-state index contributed by atoms with van der Waals surface area (Å²) in [7, 11) is 0. The number of hydrogen-bond acceptors (Lipinski definition) is 4. The Morgan fingerprint density at radius 3 is 2.74 bits per heavy atom. The van der Waals surface area contributed by atoms with Crippen LogP contribution in [0, 0.1) is 6.92 Å². The minimum Gasteiger partial charge on any atom is -0.494 e. The van der Waals surface area contributed by atoms with Crippen molar-refractivity contribution in [1.29, 1.82) is 0 Å². The third-order valence-corrected chi connectivity index (χ3v) is 2.69. The Labute approximate surface area is 113 Å². The Morgan fingerprint density at radius 1 is 1.21 bits per heavy atom. The van der Waals surface area contributed by atoms with E-state index >= 15 is 0 Å². The molecule has 1 N–H and O–H groups in total. The van der Waals surface area contributed by atoms with Gasteiger partial charge in [0, 0.05) is 18.9 Å². The maximum absolute atomic E-state index is 5.48. The molecule has 1 aromatic heterocycles. The second kappa shape index (κ2) is 6.73. The molecule has 1 heterocycles. The summed E-state index contributed by atoms with van der Waals surface area (Å²) in [4.78, 5) is 8.42. The predicted octanol–water partition coefficient (Wildman–Crippen LogP) is 2.84. The summed E-state index contributed by atoms with van der Waals surface area (Å²) in [6.45, 7) is 5.46. The molecule has 2 aromatic rings. The van der Waals surface area contributed by atoms with Gasteiger partial charge in [-0.2, -0.15) is 0 Å². The van der Waals surface area contributed by atoms with Gasteiger partial charge in [-0.05, 0) is 43.5 Å². The molecule has 0 radical (unpaired) electrons. The van der Waals surface area contributed by atoms with Gasteiger partial charge in [0.1, 0.15) is 5.75 Å². The first kappa shape index (κ1) is 13.3. The Balaban J connectivity index is 1.85. The Bertz CT molecular complexity index is 511. The number of rotatable bonds is 6. The van der Waals surface area contributed by atoms with Gasteiger partial charge in [-0.3, -0.25) is 0 Å². The van der Waals surface area contributed by atoms with Crippen LogP contribution in [0.5, 0.6) is 5.75 Å². The van der Waals surface area contributed by atoms with Crippen LogP contribution >= 0.6 is 0 Å². The molecule has 0 bridgehead atoms. The van der Waals surface area contributed by atoms with Crippen molar-refractivity contribution in [3.8, 4) is 5.75 Å². The molecular weight excluding hydrogens is 238 g/mol. The van der Waals surface area contributed by atoms with Crippen LogP contribution in [0.15, 0.2) is 36.7 Å². The first-order chi connectivity index (χ1) is 9.28. The molecule has 0 fully saturated rings. The highest BCUT2D eigenvalue weighted by molar-refractivity contribution is 5.30. The SMILES string of the molecule is CCOc1cccc(CCNc2ncc(C)cn2)c1. The standard InChI is InChI=1S/C15H19N3O/c1-3-19-14-6-4-5-13(9-14)7-8-16-15-17-10-12(2)11-18-15/h4-6,9-11H,3,7-8H2,1-2H3,(H,16,17,18).